The molecule has 0 bridgehead atoms. The van der Waals surface area contributed by atoms with Gasteiger partial charge in [0.1, 0.15) is 11.6 Å². The number of halogens is 2. The Bertz CT molecular complexity index is 1420. The number of H-pyrrole nitrogens is 1. The molecule has 4 heterocycles. The van der Waals surface area contributed by atoms with Crippen LogP contribution in [0, 0.1) is 11.6 Å². The summed E-state index contributed by atoms with van der Waals surface area (Å²) in [5.74, 6) is -0.0854. The van der Waals surface area contributed by atoms with Gasteiger partial charge in [0.15, 0.2) is 5.82 Å². The van der Waals surface area contributed by atoms with Crippen molar-refractivity contribution in [3.8, 4) is 11.5 Å². The Morgan fingerprint density at radius 1 is 1.11 bits per heavy atom. The van der Waals surface area contributed by atoms with Gasteiger partial charge < -0.3 is 24.9 Å². The molecular formula is C26H27F2N5O2. The quantitative estimate of drug-likeness (QED) is 0.380. The highest BCUT2D eigenvalue weighted by Gasteiger charge is 2.31. The number of aromatic nitrogens is 3. The third-order valence-electron chi connectivity index (χ3n) is 7.43. The minimum atomic E-state index is -0.932. The summed E-state index contributed by atoms with van der Waals surface area (Å²) in [6, 6.07) is 9.36. The maximum atomic E-state index is 14.1. The van der Waals surface area contributed by atoms with Crippen LogP contribution in [0.4, 0.5) is 13.6 Å². The fourth-order valence-corrected chi connectivity index (χ4v) is 5.77. The summed E-state index contributed by atoms with van der Waals surface area (Å²) in [6.07, 6.45) is 3.55. The molecule has 9 heteroatoms. The zero-order valence-corrected chi connectivity index (χ0v) is 19.2. The SMILES string of the molecule is O=C(O)N1CCCC1Cn1c(-c2[nH]c3cc(F)ccc3c2CC2CCCN2)nc2cc(F)ccc21. The average molecular weight is 480 g/mol. The molecule has 3 N–H and O–H groups in total. The predicted octanol–water partition coefficient (Wildman–Crippen LogP) is 4.90. The van der Waals surface area contributed by atoms with Gasteiger partial charge in [-0.2, -0.15) is 0 Å². The van der Waals surface area contributed by atoms with E-state index in [9.17, 15) is 18.7 Å². The van der Waals surface area contributed by atoms with E-state index in [0.29, 0.717) is 36.0 Å². The molecule has 0 saturated carbocycles. The molecule has 4 aromatic rings. The number of amides is 1. The van der Waals surface area contributed by atoms with Crippen molar-refractivity contribution in [3.63, 3.8) is 0 Å². The second-order valence-electron chi connectivity index (χ2n) is 9.62. The van der Waals surface area contributed by atoms with E-state index in [-0.39, 0.29) is 17.7 Å². The Hall–Kier alpha value is -3.46. The topological polar surface area (TPSA) is 86.2 Å². The summed E-state index contributed by atoms with van der Waals surface area (Å²) >= 11 is 0. The second kappa shape index (κ2) is 8.64. The Morgan fingerprint density at radius 3 is 2.74 bits per heavy atom. The number of rotatable bonds is 5. The molecule has 6 rings (SSSR count). The first-order valence-electron chi connectivity index (χ1n) is 12.2. The first-order valence-corrected chi connectivity index (χ1v) is 12.2. The Labute approximate surface area is 200 Å². The van der Waals surface area contributed by atoms with Gasteiger partial charge in [-0.15, -0.1) is 0 Å². The van der Waals surface area contributed by atoms with Crippen LogP contribution in [0.25, 0.3) is 33.5 Å². The van der Waals surface area contributed by atoms with Crippen LogP contribution in [-0.2, 0) is 13.0 Å². The molecule has 2 saturated heterocycles. The van der Waals surface area contributed by atoms with Crippen LogP contribution < -0.4 is 5.32 Å². The number of nitrogens with zero attached hydrogens (tertiary/aromatic N) is 3. The summed E-state index contributed by atoms with van der Waals surface area (Å²) in [6.45, 7) is 1.89. The summed E-state index contributed by atoms with van der Waals surface area (Å²) in [5.41, 5.74) is 3.75. The molecule has 2 aromatic heterocycles. The minimum absolute atomic E-state index is 0.199. The van der Waals surface area contributed by atoms with Gasteiger partial charge in [-0.3, -0.25) is 0 Å². The van der Waals surface area contributed by atoms with E-state index in [1.165, 1.54) is 29.2 Å². The van der Waals surface area contributed by atoms with Gasteiger partial charge in [-0.1, -0.05) is 0 Å². The first kappa shape index (κ1) is 22.0. The van der Waals surface area contributed by atoms with E-state index in [0.717, 1.165) is 60.8 Å². The molecule has 2 fully saturated rings. The molecule has 2 unspecified atom stereocenters. The maximum absolute atomic E-state index is 14.1. The van der Waals surface area contributed by atoms with Gasteiger partial charge >= 0.3 is 6.09 Å². The lowest BCUT2D eigenvalue weighted by Crippen LogP contribution is -2.37. The van der Waals surface area contributed by atoms with Crippen molar-refractivity contribution in [1.82, 2.24) is 24.8 Å². The van der Waals surface area contributed by atoms with E-state index < -0.39 is 6.09 Å². The number of likely N-dealkylation sites (tertiary alicyclic amines) is 1. The molecule has 1 amide bonds. The van der Waals surface area contributed by atoms with Crippen LogP contribution in [0.15, 0.2) is 36.4 Å². The monoisotopic (exact) mass is 479 g/mol. The standard InChI is InChI=1S/C26H27F2N5O2/c27-15-5-7-19-20(13-17-3-1-9-29-17)24(30-21(19)11-15)25-31-22-12-16(28)6-8-23(22)33(25)14-18-4-2-10-32(18)26(34)35/h5-8,11-12,17-18,29-30H,1-4,9-10,13-14H2,(H,34,35). The van der Waals surface area contributed by atoms with Crippen molar-refractivity contribution in [2.45, 2.75) is 50.7 Å². The van der Waals surface area contributed by atoms with Gasteiger partial charge in [0.2, 0.25) is 0 Å². The molecule has 7 nitrogen and oxygen atoms in total. The smallest absolute Gasteiger partial charge is 0.407 e. The minimum Gasteiger partial charge on any atom is -0.465 e. The summed E-state index contributed by atoms with van der Waals surface area (Å²) in [7, 11) is 0. The molecule has 2 atom stereocenters. The molecule has 2 aromatic carbocycles. The Balaban J connectivity index is 1.53. The first-order chi connectivity index (χ1) is 17.0. The predicted molar refractivity (Wildman–Crippen MR) is 129 cm³/mol. The van der Waals surface area contributed by atoms with Crippen molar-refractivity contribution in [2.24, 2.45) is 0 Å². The molecule has 0 radical (unpaired) electrons. The Morgan fingerprint density at radius 2 is 1.94 bits per heavy atom. The number of fused-ring (bicyclic) bond motifs is 2. The third-order valence-corrected chi connectivity index (χ3v) is 7.43. The fraction of sp³-hybridized carbons (Fsp3) is 0.385. The van der Waals surface area contributed by atoms with Crippen LogP contribution in [0.3, 0.4) is 0 Å². The van der Waals surface area contributed by atoms with Gasteiger partial charge in [0, 0.05) is 36.1 Å². The van der Waals surface area contributed by atoms with Gasteiger partial charge in [0.05, 0.1) is 22.8 Å². The maximum Gasteiger partial charge on any atom is 0.407 e. The highest BCUT2D eigenvalue weighted by atomic mass is 19.1. The van der Waals surface area contributed by atoms with Crippen LogP contribution in [-0.4, -0.2) is 55.8 Å². The number of benzene rings is 2. The molecule has 35 heavy (non-hydrogen) atoms. The van der Waals surface area contributed by atoms with E-state index in [2.05, 4.69) is 10.3 Å². The lowest BCUT2D eigenvalue weighted by atomic mass is 10.0. The number of carbonyl (C=O) groups is 1. The lowest BCUT2D eigenvalue weighted by Gasteiger charge is -2.23. The van der Waals surface area contributed by atoms with Crippen molar-refractivity contribution in [3.05, 3.63) is 53.6 Å². The normalized spacial score (nSPS) is 20.5. The van der Waals surface area contributed by atoms with Gasteiger partial charge in [-0.25, -0.2) is 18.6 Å². The largest absolute Gasteiger partial charge is 0.465 e. The zero-order valence-electron chi connectivity index (χ0n) is 19.2. The number of imidazole rings is 1. The van der Waals surface area contributed by atoms with Gasteiger partial charge in [0.25, 0.3) is 0 Å². The van der Waals surface area contributed by atoms with Crippen LogP contribution in [0.5, 0.6) is 0 Å². The van der Waals surface area contributed by atoms with E-state index >= 15 is 0 Å². The highest BCUT2D eigenvalue weighted by molar-refractivity contribution is 5.91. The van der Waals surface area contributed by atoms with Gasteiger partial charge in [-0.05, 0) is 74.5 Å². The van der Waals surface area contributed by atoms with Crippen LogP contribution >= 0.6 is 0 Å². The highest BCUT2D eigenvalue weighted by Crippen LogP contribution is 2.35. The number of aromatic amines is 1. The summed E-state index contributed by atoms with van der Waals surface area (Å²) < 4.78 is 30.2. The van der Waals surface area contributed by atoms with Crippen molar-refractivity contribution in [2.75, 3.05) is 13.1 Å². The number of carboxylic acid groups (broad SMARTS) is 1. The summed E-state index contributed by atoms with van der Waals surface area (Å²) in [4.78, 5) is 21.5. The fourth-order valence-electron chi connectivity index (χ4n) is 5.77. The average Bonchev–Trinajstić information content (AvgIpc) is 3.61. The lowest BCUT2D eigenvalue weighted by molar-refractivity contribution is 0.136. The molecular weight excluding hydrogens is 452 g/mol. The molecule has 0 aliphatic carbocycles. The van der Waals surface area contributed by atoms with Crippen molar-refractivity contribution in [1.29, 1.82) is 0 Å². The molecule has 182 valence electrons. The van der Waals surface area contributed by atoms with Crippen molar-refractivity contribution < 1.29 is 18.7 Å². The van der Waals surface area contributed by atoms with E-state index in [4.69, 9.17) is 4.98 Å². The van der Waals surface area contributed by atoms with E-state index in [1.807, 2.05) is 4.57 Å². The second-order valence-corrected chi connectivity index (χ2v) is 9.62. The van der Waals surface area contributed by atoms with Crippen LogP contribution in [0.1, 0.15) is 31.2 Å². The number of hydrogen-bond donors (Lipinski definition) is 3. The number of hydrogen-bond acceptors (Lipinski definition) is 3. The Kier molecular flexibility index (Phi) is 5.44. The van der Waals surface area contributed by atoms with Crippen LogP contribution in [0.2, 0.25) is 0 Å². The molecule has 0 spiro atoms. The molecule has 2 aliphatic rings. The zero-order chi connectivity index (χ0) is 24.1. The molecule has 2 aliphatic heterocycles. The van der Waals surface area contributed by atoms with E-state index in [1.54, 1.807) is 12.1 Å². The van der Waals surface area contributed by atoms with Crippen molar-refractivity contribution >= 4 is 28.0 Å². The summed E-state index contributed by atoms with van der Waals surface area (Å²) in [5, 5.41) is 14.2. The third kappa shape index (κ3) is 3.93. The number of nitrogens with one attached hydrogen (secondary N) is 2.